The lowest BCUT2D eigenvalue weighted by molar-refractivity contribution is 0.102. The van der Waals surface area contributed by atoms with Crippen LogP contribution in [0.15, 0.2) is 72.8 Å². The second-order valence-corrected chi connectivity index (χ2v) is 8.62. The lowest BCUT2D eigenvalue weighted by Crippen LogP contribution is -2.15. The maximum Gasteiger partial charge on any atom is 0.260 e. The molecule has 0 radical (unpaired) electrons. The van der Waals surface area contributed by atoms with Crippen molar-refractivity contribution in [2.45, 2.75) is 13.8 Å². The number of hydrogen-bond donors (Lipinski definition) is 3. The molecule has 0 fully saturated rings. The Balaban J connectivity index is 1.79. The number of hydrogen-bond acceptors (Lipinski definition) is 5. The number of ketones is 1. The van der Waals surface area contributed by atoms with E-state index in [1.54, 1.807) is 30.3 Å². The highest BCUT2D eigenvalue weighted by Crippen LogP contribution is 2.40. The molecular weight excluding hydrogens is 437 g/mol. The monoisotopic (exact) mass is 459 g/mol. The van der Waals surface area contributed by atoms with Gasteiger partial charge in [0.05, 0.1) is 11.3 Å². The highest BCUT2D eigenvalue weighted by Gasteiger charge is 2.27. The van der Waals surface area contributed by atoms with Crippen molar-refractivity contribution >= 4 is 45.1 Å². The number of benzene rings is 3. The minimum atomic E-state index is -0.532. The predicted molar refractivity (Wildman–Crippen MR) is 132 cm³/mol. The first-order chi connectivity index (χ1) is 15.8. The fourth-order valence-electron chi connectivity index (χ4n) is 3.53. The molecule has 0 aliphatic carbocycles. The first-order valence-corrected chi connectivity index (χ1v) is 11.1. The average Bonchev–Trinajstić information content (AvgIpc) is 3.12. The van der Waals surface area contributed by atoms with E-state index in [0.717, 1.165) is 28.2 Å². The smallest absolute Gasteiger partial charge is 0.260 e. The van der Waals surface area contributed by atoms with Crippen molar-refractivity contribution < 1.29 is 14.0 Å². The fraction of sp³-hybridized carbons (Fsp3) is 0.0769. The van der Waals surface area contributed by atoms with Crippen LogP contribution in [0.1, 0.15) is 36.7 Å². The van der Waals surface area contributed by atoms with Gasteiger partial charge in [-0.05, 0) is 43.2 Å². The number of para-hydroxylation sites is 1. The number of anilines is 4. The zero-order valence-corrected chi connectivity index (χ0v) is 18.9. The number of carbonyl (C=O) groups is 2. The zero-order valence-electron chi connectivity index (χ0n) is 18.1. The lowest BCUT2D eigenvalue weighted by atomic mass is 10.1. The summed E-state index contributed by atoms with van der Waals surface area (Å²) in [5, 5.41) is 6.43. The Labute approximate surface area is 195 Å². The van der Waals surface area contributed by atoms with E-state index in [0.29, 0.717) is 16.3 Å². The van der Waals surface area contributed by atoms with Crippen LogP contribution < -0.4 is 16.4 Å². The molecule has 0 spiro atoms. The van der Waals surface area contributed by atoms with Crippen molar-refractivity contribution in [2.24, 2.45) is 0 Å². The number of halogens is 1. The van der Waals surface area contributed by atoms with Crippen molar-refractivity contribution in [1.82, 2.24) is 0 Å². The normalized spacial score (nSPS) is 10.6. The largest absolute Gasteiger partial charge is 0.397 e. The van der Waals surface area contributed by atoms with E-state index in [2.05, 4.69) is 10.6 Å². The van der Waals surface area contributed by atoms with Crippen LogP contribution in [0.3, 0.4) is 0 Å². The number of thiophene rings is 1. The predicted octanol–water partition coefficient (Wildman–Crippen LogP) is 6.31. The van der Waals surface area contributed by atoms with Gasteiger partial charge in [0.2, 0.25) is 5.78 Å². The summed E-state index contributed by atoms with van der Waals surface area (Å²) in [7, 11) is 0. The van der Waals surface area contributed by atoms with E-state index in [1.807, 2.05) is 38.1 Å². The number of nitrogens with one attached hydrogen (secondary N) is 2. The van der Waals surface area contributed by atoms with E-state index in [4.69, 9.17) is 5.73 Å². The highest BCUT2D eigenvalue weighted by molar-refractivity contribution is 7.19. The number of amides is 1. The molecule has 0 aliphatic heterocycles. The first-order valence-electron chi connectivity index (χ1n) is 10.3. The van der Waals surface area contributed by atoms with Crippen LogP contribution in [0.5, 0.6) is 0 Å². The SMILES string of the molecule is Cc1cccc(C)c1Nc1sc(C(=O)c2ccccc2)c(N)c1C(=O)Nc1cccc(F)c1. The summed E-state index contributed by atoms with van der Waals surface area (Å²) in [5.41, 5.74) is 10.2. The molecule has 1 heterocycles. The van der Waals surface area contributed by atoms with Gasteiger partial charge in [0.25, 0.3) is 5.91 Å². The molecule has 166 valence electrons. The topological polar surface area (TPSA) is 84.2 Å². The molecule has 0 atom stereocenters. The van der Waals surface area contributed by atoms with E-state index < -0.39 is 11.7 Å². The van der Waals surface area contributed by atoms with E-state index >= 15 is 0 Å². The summed E-state index contributed by atoms with van der Waals surface area (Å²) in [5.74, 6) is -1.28. The third-order valence-corrected chi connectivity index (χ3v) is 6.34. The van der Waals surface area contributed by atoms with Gasteiger partial charge in [-0.15, -0.1) is 11.3 Å². The third-order valence-electron chi connectivity index (χ3n) is 5.22. The van der Waals surface area contributed by atoms with Crippen LogP contribution in [0, 0.1) is 19.7 Å². The average molecular weight is 460 g/mol. The Bertz CT molecular complexity index is 1330. The van der Waals surface area contributed by atoms with Crippen LogP contribution in [0.4, 0.5) is 26.5 Å². The zero-order chi connectivity index (χ0) is 23.5. The molecule has 3 aromatic carbocycles. The second-order valence-electron chi connectivity index (χ2n) is 7.60. The number of aryl methyl sites for hydroxylation is 2. The Morgan fingerprint density at radius 2 is 1.58 bits per heavy atom. The highest BCUT2D eigenvalue weighted by atomic mass is 32.1. The Morgan fingerprint density at radius 1 is 0.909 bits per heavy atom. The second kappa shape index (κ2) is 9.26. The molecule has 4 rings (SSSR count). The molecule has 0 bridgehead atoms. The van der Waals surface area contributed by atoms with Gasteiger partial charge in [0, 0.05) is 16.9 Å². The first kappa shape index (κ1) is 22.2. The van der Waals surface area contributed by atoms with Gasteiger partial charge in [-0.2, -0.15) is 0 Å². The Hall–Kier alpha value is -3.97. The maximum absolute atomic E-state index is 13.6. The molecule has 0 aliphatic rings. The van der Waals surface area contributed by atoms with Gasteiger partial charge in [0.15, 0.2) is 0 Å². The van der Waals surface area contributed by atoms with E-state index in [1.165, 1.54) is 18.2 Å². The summed E-state index contributed by atoms with van der Waals surface area (Å²) < 4.78 is 13.6. The van der Waals surface area contributed by atoms with Crippen molar-refractivity contribution in [1.29, 1.82) is 0 Å². The summed E-state index contributed by atoms with van der Waals surface area (Å²) >= 11 is 1.12. The molecule has 7 heteroatoms. The van der Waals surface area contributed by atoms with Gasteiger partial charge >= 0.3 is 0 Å². The Morgan fingerprint density at radius 3 is 2.24 bits per heavy atom. The Kier molecular flexibility index (Phi) is 6.24. The maximum atomic E-state index is 13.6. The van der Waals surface area contributed by atoms with Crippen LogP contribution in [0.25, 0.3) is 0 Å². The molecule has 1 amide bonds. The summed E-state index contributed by atoms with van der Waals surface area (Å²) in [6.07, 6.45) is 0. The van der Waals surface area contributed by atoms with E-state index in [9.17, 15) is 14.0 Å². The van der Waals surface area contributed by atoms with E-state index in [-0.39, 0.29) is 21.9 Å². The van der Waals surface area contributed by atoms with Crippen LogP contribution in [-0.4, -0.2) is 11.7 Å². The molecular formula is C26H22FN3O2S. The molecule has 1 aromatic heterocycles. The van der Waals surface area contributed by atoms with Gasteiger partial charge < -0.3 is 16.4 Å². The number of rotatable bonds is 6. The molecule has 0 saturated carbocycles. The standard InChI is InChI=1S/C26H22FN3O2S/c1-15-8-6-9-16(2)22(15)30-26-20(25(32)29-19-13-7-12-18(27)14-19)21(28)24(33-26)23(31)17-10-4-3-5-11-17/h3-14,30H,28H2,1-2H3,(H,29,32). The molecule has 0 saturated heterocycles. The fourth-order valence-corrected chi connectivity index (χ4v) is 4.62. The van der Waals surface area contributed by atoms with Crippen LogP contribution in [-0.2, 0) is 0 Å². The third kappa shape index (κ3) is 4.63. The van der Waals surface area contributed by atoms with Crippen LogP contribution >= 0.6 is 11.3 Å². The van der Waals surface area contributed by atoms with Crippen molar-refractivity contribution in [3.8, 4) is 0 Å². The van der Waals surface area contributed by atoms with Crippen molar-refractivity contribution in [2.75, 3.05) is 16.4 Å². The molecule has 4 aromatic rings. The molecule has 5 nitrogen and oxygen atoms in total. The minimum absolute atomic E-state index is 0.0801. The minimum Gasteiger partial charge on any atom is -0.397 e. The quantitative estimate of drug-likeness (QED) is 0.295. The summed E-state index contributed by atoms with van der Waals surface area (Å²) in [4.78, 5) is 26.7. The van der Waals surface area contributed by atoms with Gasteiger partial charge in [-0.1, -0.05) is 54.6 Å². The van der Waals surface area contributed by atoms with Gasteiger partial charge in [-0.3, -0.25) is 9.59 Å². The van der Waals surface area contributed by atoms with Gasteiger partial charge in [-0.25, -0.2) is 4.39 Å². The lowest BCUT2D eigenvalue weighted by Gasteiger charge is -2.13. The number of nitrogen functional groups attached to an aromatic ring is 1. The van der Waals surface area contributed by atoms with Crippen LogP contribution in [0.2, 0.25) is 0 Å². The van der Waals surface area contributed by atoms with Crippen molar-refractivity contribution in [3.05, 3.63) is 106 Å². The summed E-state index contributed by atoms with van der Waals surface area (Å²) in [6.45, 7) is 3.91. The number of carbonyl (C=O) groups excluding carboxylic acids is 2. The molecule has 33 heavy (non-hydrogen) atoms. The summed E-state index contributed by atoms with van der Waals surface area (Å²) in [6, 6.07) is 20.2. The molecule has 0 unspecified atom stereocenters. The molecule has 4 N–H and O–H groups in total. The van der Waals surface area contributed by atoms with Gasteiger partial charge in [0.1, 0.15) is 15.7 Å². The van der Waals surface area contributed by atoms with Crippen molar-refractivity contribution in [3.63, 3.8) is 0 Å². The number of nitrogens with two attached hydrogens (primary N) is 1.